The Kier molecular flexibility index (Phi) is 5.34. The van der Waals surface area contributed by atoms with Crippen LogP contribution in [0.4, 0.5) is 8.78 Å². The highest BCUT2D eigenvalue weighted by molar-refractivity contribution is 9.10. The second kappa shape index (κ2) is 6.80. The molecule has 1 nitrogen and oxygen atoms in total. The van der Waals surface area contributed by atoms with E-state index in [1.807, 2.05) is 0 Å². The van der Waals surface area contributed by atoms with Gasteiger partial charge in [0, 0.05) is 0 Å². The van der Waals surface area contributed by atoms with E-state index in [9.17, 15) is 13.9 Å². The van der Waals surface area contributed by atoms with E-state index in [1.54, 1.807) is 0 Å². The van der Waals surface area contributed by atoms with Gasteiger partial charge in [0.25, 0.3) is 0 Å². The van der Waals surface area contributed by atoms with Crippen molar-refractivity contribution in [2.24, 2.45) is 5.92 Å². The van der Waals surface area contributed by atoms with Crippen LogP contribution in [0.2, 0.25) is 0 Å². The van der Waals surface area contributed by atoms with Gasteiger partial charge in [0.05, 0.1) is 16.1 Å². The maximum Gasteiger partial charge on any atom is 0.146 e. The summed E-state index contributed by atoms with van der Waals surface area (Å²) in [5, 5.41) is 10.1. The van der Waals surface area contributed by atoms with E-state index in [0.717, 1.165) is 25.7 Å². The van der Waals surface area contributed by atoms with Crippen molar-refractivity contribution in [2.75, 3.05) is 0 Å². The molecule has 4 heteroatoms. The molecule has 1 aromatic rings. The van der Waals surface area contributed by atoms with Gasteiger partial charge in [0.1, 0.15) is 11.6 Å². The third-order valence-corrected chi connectivity index (χ3v) is 4.56. The third-order valence-electron chi connectivity index (χ3n) is 3.94. The van der Waals surface area contributed by atoms with Crippen molar-refractivity contribution in [1.29, 1.82) is 0 Å². The first kappa shape index (κ1) is 14.9. The molecule has 106 valence electrons. The van der Waals surface area contributed by atoms with Crippen molar-refractivity contribution in [3.8, 4) is 0 Å². The van der Waals surface area contributed by atoms with Crippen LogP contribution in [0.5, 0.6) is 0 Å². The van der Waals surface area contributed by atoms with Crippen LogP contribution >= 0.6 is 15.9 Å². The summed E-state index contributed by atoms with van der Waals surface area (Å²) in [7, 11) is 0. The maximum atomic E-state index is 13.9. The molecule has 1 unspecified atom stereocenters. The SMILES string of the molecule is OC(CC1CCCCCC1)c1c(F)ccc(Br)c1F. The summed E-state index contributed by atoms with van der Waals surface area (Å²) in [5.41, 5.74) is -0.196. The van der Waals surface area contributed by atoms with Gasteiger partial charge < -0.3 is 5.11 Å². The summed E-state index contributed by atoms with van der Waals surface area (Å²) in [4.78, 5) is 0. The quantitative estimate of drug-likeness (QED) is 0.601. The Labute approximate surface area is 121 Å². The molecule has 1 saturated carbocycles. The average molecular weight is 333 g/mol. The molecule has 0 amide bonds. The molecule has 19 heavy (non-hydrogen) atoms. The van der Waals surface area contributed by atoms with Crippen LogP contribution in [0.3, 0.4) is 0 Å². The molecule has 1 aromatic carbocycles. The second-order valence-corrected chi connectivity index (χ2v) is 6.22. The molecule has 0 spiro atoms. The number of aliphatic hydroxyl groups excluding tert-OH is 1. The zero-order valence-electron chi connectivity index (χ0n) is 10.8. The fraction of sp³-hybridized carbons (Fsp3) is 0.600. The van der Waals surface area contributed by atoms with E-state index in [1.165, 1.54) is 25.0 Å². The van der Waals surface area contributed by atoms with Crippen LogP contribution in [-0.2, 0) is 0 Å². The topological polar surface area (TPSA) is 20.2 Å². The minimum absolute atomic E-state index is 0.196. The summed E-state index contributed by atoms with van der Waals surface area (Å²) in [6.07, 6.45) is 6.26. The maximum absolute atomic E-state index is 13.9. The molecule has 1 N–H and O–H groups in total. The molecule has 0 radical (unpaired) electrons. The normalized spacial score (nSPS) is 19.2. The highest BCUT2D eigenvalue weighted by Crippen LogP contribution is 2.34. The Morgan fingerprint density at radius 2 is 1.79 bits per heavy atom. The van der Waals surface area contributed by atoms with E-state index in [4.69, 9.17) is 0 Å². The number of aliphatic hydroxyl groups is 1. The number of rotatable bonds is 3. The van der Waals surface area contributed by atoms with Crippen molar-refractivity contribution in [3.63, 3.8) is 0 Å². The van der Waals surface area contributed by atoms with Crippen molar-refractivity contribution < 1.29 is 13.9 Å². The van der Waals surface area contributed by atoms with E-state index in [2.05, 4.69) is 15.9 Å². The number of hydrogen-bond acceptors (Lipinski definition) is 1. The highest BCUT2D eigenvalue weighted by Gasteiger charge is 2.24. The molecule has 1 aliphatic rings. The largest absolute Gasteiger partial charge is 0.388 e. The fourth-order valence-corrected chi connectivity index (χ4v) is 3.23. The van der Waals surface area contributed by atoms with Crippen LogP contribution in [0, 0.1) is 17.6 Å². The molecule has 0 saturated heterocycles. The van der Waals surface area contributed by atoms with Crippen LogP contribution in [-0.4, -0.2) is 5.11 Å². The first-order valence-electron chi connectivity index (χ1n) is 6.91. The number of halogens is 3. The van der Waals surface area contributed by atoms with Gasteiger partial charge in [0.15, 0.2) is 0 Å². The van der Waals surface area contributed by atoms with Crippen molar-refractivity contribution in [3.05, 3.63) is 33.8 Å². The molecule has 2 rings (SSSR count). The molecule has 1 aliphatic carbocycles. The Hall–Kier alpha value is -0.480. The van der Waals surface area contributed by atoms with Gasteiger partial charge in [-0.05, 0) is 40.4 Å². The van der Waals surface area contributed by atoms with Gasteiger partial charge in [-0.3, -0.25) is 0 Å². The predicted octanol–water partition coefficient (Wildman–Crippen LogP) is 5.12. The van der Waals surface area contributed by atoms with E-state index in [-0.39, 0.29) is 10.0 Å². The van der Waals surface area contributed by atoms with Crippen molar-refractivity contribution >= 4 is 15.9 Å². The molecule has 1 atom stereocenters. The lowest BCUT2D eigenvalue weighted by Gasteiger charge is -2.20. The first-order chi connectivity index (χ1) is 9.09. The van der Waals surface area contributed by atoms with Crippen LogP contribution in [0.25, 0.3) is 0 Å². The lowest BCUT2D eigenvalue weighted by molar-refractivity contribution is 0.131. The molecule has 0 bridgehead atoms. The molecule has 0 heterocycles. The first-order valence-corrected chi connectivity index (χ1v) is 7.70. The van der Waals surface area contributed by atoms with E-state index < -0.39 is 17.7 Å². The molecular formula is C15H19BrF2O. The van der Waals surface area contributed by atoms with E-state index in [0.29, 0.717) is 12.3 Å². The van der Waals surface area contributed by atoms with Crippen LogP contribution in [0.15, 0.2) is 16.6 Å². The summed E-state index contributed by atoms with van der Waals surface area (Å²) < 4.78 is 27.8. The van der Waals surface area contributed by atoms with Crippen molar-refractivity contribution in [2.45, 2.75) is 51.0 Å². The molecule has 0 aromatic heterocycles. The zero-order valence-corrected chi connectivity index (χ0v) is 12.4. The second-order valence-electron chi connectivity index (χ2n) is 5.37. The standard InChI is InChI=1S/C15H19BrF2O/c16-11-7-8-12(17)14(15(11)18)13(19)9-10-5-3-1-2-4-6-10/h7-8,10,13,19H,1-6,9H2. The molecule has 1 fully saturated rings. The third kappa shape index (κ3) is 3.76. The van der Waals surface area contributed by atoms with Gasteiger partial charge in [0.2, 0.25) is 0 Å². The van der Waals surface area contributed by atoms with Crippen LogP contribution in [0.1, 0.15) is 56.6 Å². The lowest BCUT2D eigenvalue weighted by Crippen LogP contribution is -2.10. The minimum Gasteiger partial charge on any atom is -0.388 e. The lowest BCUT2D eigenvalue weighted by atomic mass is 9.91. The van der Waals surface area contributed by atoms with Gasteiger partial charge >= 0.3 is 0 Å². The van der Waals surface area contributed by atoms with Gasteiger partial charge in [-0.1, -0.05) is 38.5 Å². The minimum atomic E-state index is -1.06. The number of benzene rings is 1. The summed E-state index contributed by atoms with van der Waals surface area (Å²) in [6, 6.07) is 2.52. The predicted molar refractivity (Wildman–Crippen MR) is 74.8 cm³/mol. The monoisotopic (exact) mass is 332 g/mol. The van der Waals surface area contributed by atoms with Gasteiger partial charge in [-0.15, -0.1) is 0 Å². The Bertz CT molecular complexity index is 428. The number of hydrogen-bond donors (Lipinski definition) is 1. The molecular weight excluding hydrogens is 314 g/mol. The van der Waals surface area contributed by atoms with Crippen molar-refractivity contribution in [1.82, 2.24) is 0 Å². The Morgan fingerprint density at radius 3 is 2.42 bits per heavy atom. The van der Waals surface area contributed by atoms with Gasteiger partial charge in [-0.25, -0.2) is 8.78 Å². The molecule has 0 aliphatic heterocycles. The Balaban J connectivity index is 2.10. The average Bonchev–Trinajstić information content (AvgIpc) is 2.63. The Morgan fingerprint density at radius 1 is 1.16 bits per heavy atom. The van der Waals surface area contributed by atoms with Gasteiger partial charge in [-0.2, -0.15) is 0 Å². The smallest absolute Gasteiger partial charge is 0.146 e. The zero-order chi connectivity index (χ0) is 13.8. The summed E-state index contributed by atoms with van der Waals surface area (Å²) in [6.45, 7) is 0. The van der Waals surface area contributed by atoms with Crippen LogP contribution < -0.4 is 0 Å². The fourth-order valence-electron chi connectivity index (χ4n) is 2.88. The highest BCUT2D eigenvalue weighted by atomic mass is 79.9. The summed E-state index contributed by atoms with van der Waals surface area (Å²) >= 11 is 3.03. The summed E-state index contributed by atoms with van der Waals surface area (Å²) in [5.74, 6) is -0.974. The van der Waals surface area contributed by atoms with E-state index >= 15 is 0 Å².